The van der Waals surface area contributed by atoms with E-state index in [1.807, 2.05) is 0 Å². The molecule has 2 rings (SSSR count). The molecular weight excluding hydrogens is 238 g/mol. The van der Waals surface area contributed by atoms with Crippen LogP contribution in [-0.4, -0.2) is 75.4 Å². The van der Waals surface area contributed by atoms with Gasteiger partial charge < -0.3 is 15.0 Å². The van der Waals surface area contributed by atoms with Crippen LogP contribution in [0.2, 0.25) is 0 Å². The van der Waals surface area contributed by atoms with Crippen LogP contribution >= 0.6 is 0 Å². The van der Waals surface area contributed by atoms with E-state index >= 15 is 0 Å². The first-order chi connectivity index (χ1) is 9.38. The number of likely N-dealkylation sites (tertiary alicyclic amines) is 1. The highest BCUT2D eigenvalue weighted by Gasteiger charge is 2.19. The fraction of sp³-hybridized carbons (Fsp3) is 1.00. The van der Waals surface area contributed by atoms with E-state index in [1.54, 1.807) is 0 Å². The highest BCUT2D eigenvalue weighted by atomic mass is 16.5. The van der Waals surface area contributed by atoms with Gasteiger partial charge in [0.1, 0.15) is 0 Å². The third-order valence-electron chi connectivity index (χ3n) is 4.40. The summed E-state index contributed by atoms with van der Waals surface area (Å²) >= 11 is 0. The van der Waals surface area contributed by atoms with Gasteiger partial charge in [-0.05, 0) is 51.4 Å². The summed E-state index contributed by atoms with van der Waals surface area (Å²) < 4.78 is 5.39. The van der Waals surface area contributed by atoms with Gasteiger partial charge in [0.15, 0.2) is 0 Å². The van der Waals surface area contributed by atoms with Crippen LogP contribution in [0.3, 0.4) is 0 Å². The van der Waals surface area contributed by atoms with Crippen molar-refractivity contribution >= 4 is 0 Å². The maximum absolute atomic E-state index is 5.39. The van der Waals surface area contributed by atoms with Gasteiger partial charge in [-0.25, -0.2) is 0 Å². The van der Waals surface area contributed by atoms with Gasteiger partial charge >= 0.3 is 0 Å². The minimum Gasteiger partial charge on any atom is -0.379 e. The number of nitrogens with zero attached hydrogens (tertiary/aromatic N) is 2. The van der Waals surface area contributed by atoms with E-state index in [-0.39, 0.29) is 0 Å². The molecule has 2 fully saturated rings. The van der Waals surface area contributed by atoms with E-state index in [2.05, 4.69) is 22.0 Å². The zero-order valence-corrected chi connectivity index (χ0v) is 12.6. The molecule has 4 nitrogen and oxygen atoms in total. The number of hydrogen-bond donors (Lipinski definition) is 1. The largest absolute Gasteiger partial charge is 0.379 e. The van der Waals surface area contributed by atoms with Gasteiger partial charge in [0.2, 0.25) is 0 Å². The molecule has 0 spiro atoms. The Kier molecular flexibility index (Phi) is 7.14. The van der Waals surface area contributed by atoms with Gasteiger partial charge in [-0.2, -0.15) is 0 Å². The highest BCUT2D eigenvalue weighted by Crippen LogP contribution is 2.16. The van der Waals surface area contributed by atoms with Crippen molar-refractivity contribution in [1.82, 2.24) is 15.1 Å². The molecule has 0 amide bonds. The quantitative estimate of drug-likeness (QED) is 0.699. The summed E-state index contributed by atoms with van der Waals surface area (Å²) in [4.78, 5) is 5.18. The Balaban J connectivity index is 1.53. The average molecular weight is 269 g/mol. The molecule has 0 radical (unpaired) electrons. The summed E-state index contributed by atoms with van der Waals surface area (Å²) in [6.07, 6.45) is 4.00. The van der Waals surface area contributed by atoms with Gasteiger partial charge in [0.05, 0.1) is 13.2 Å². The zero-order chi connectivity index (χ0) is 13.3. The third-order valence-corrected chi connectivity index (χ3v) is 4.40. The topological polar surface area (TPSA) is 27.7 Å². The van der Waals surface area contributed by atoms with Crippen molar-refractivity contribution in [3.8, 4) is 0 Å². The van der Waals surface area contributed by atoms with E-state index in [4.69, 9.17) is 4.74 Å². The summed E-state index contributed by atoms with van der Waals surface area (Å²) in [6.45, 7) is 13.8. The van der Waals surface area contributed by atoms with Crippen LogP contribution in [0.4, 0.5) is 0 Å². The molecule has 0 unspecified atom stereocenters. The molecule has 112 valence electrons. The van der Waals surface area contributed by atoms with Crippen LogP contribution in [0.25, 0.3) is 0 Å². The number of piperidine rings is 1. The fourth-order valence-corrected chi connectivity index (χ4v) is 3.00. The number of morpholine rings is 1. The van der Waals surface area contributed by atoms with Gasteiger partial charge in [0.25, 0.3) is 0 Å². The Hall–Kier alpha value is -0.160. The molecular formula is C15H31N3O. The molecule has 4 heteroatoms. The average Bonchev–Trinajstić information content (AvgIpc) is 2.48. The van der Waals surface area contributed by atoms with Crippen LogP contribution in [0.5, 0.6) is 0 Å². The Labute approximate surface area is 118 Å². The van der Waals surface area contributed by atoms with Crippen LogP contribution < -0.4 is 5.32 Å². The molecule has 0 aromatic carbocycles. The first-order valence-electron chi connectivity index (χ1n) is 8.11. The zero-order valence-electron chi connectivity index (χ0n) is 12.6. The fourth-order valence-electron chi connectivity index (χ4n) is 3.00. The van der Waals surface area contributed by atoms with E-state index in [1.165, 1.54) is 58.5 Å². The molecule has 1 N–H and O–H groups in total. The molecule has 0 atom stereocenters. The monoisotopic (exact) mass is 269 g/mol. The smallest absolute Gasteiger partial charge is 0.0594 e. The minimum absolute atomic E-state index is 0.909. The summed E-state index contributed by atoms with van der Waals surface area (Å²) in [6, 6.07) is 0. The molecule has 0 aliphatic carbocycles. The van der Waals surface area contributed by atoms with Crippen LogP contribution in [0.15, 0.2) is 0 Å². The molecule has 2 aliphatic heterocycles. The van der Waals surface area contributed by atoms with E-state index < -0.39 is 0 Å². The maximum atomic E-state index is 5.39. The predicted molar refractivity (Wildman–Crippen MR) is 79.6 cm³/mol. The number of nitrogens with one attached hydrogen (secondary N) is 1. The normalized spacial score (nSPS) is 23.8. The van der Waals surface area contributed by atoms with Crippen molar-refractivity contribution in [2.24, 2.45) is 5.92 Å². The van der Waals surface area contributed by atoms with Crippen molar-refractivity contribution in [2.75, 3.05) is 65.6 Å². The molecule has 2 heterocycles. The lowest BCUT2D eigenvalue weighted by Gasteiger charge is -2.34. The van der Waals surface area contributed by atoms with Gasteiger partial charge in [-0.1, -0.05) is 6.92 Å². The summed E-state index contributed by atoms with van der Waals surface area (Å²) in [5, 5.41) is 3.56. The Morgan fingerprint density at radius 2 is 1.63 bits per heavy atom. The highest BCUT2D eigenvalue weighted by molar-refractivity contribution is 4.75. The molecule has 0 aromatic rings. The number of hydrogen-bond acceptors (Lipinski definition) is 4. The van der Waals surface area contributed by atoms with Crippen LogP contribution in [0.1, 0.15) is 26.2 Å². The molecule has 2 saturated heterocycles. The van der Waals surface area contributed by atoms with Crippen molar-refractivity contribution in [1.29, 1.82) is 0 Å². The summed E-state index contributed by atoms with van der Waals surface area (Å²) in [5.41, 5.74) is 0. The third kappa shape index (κ3) is 5.78. The van der Waals surface area contributed by atoms with Crippen LogP contribution in [-0.2, 0) is 4.74 Å². The molecule has 2 aliphatic rings. The lowest BCUT2D eigenvalue weighted by molar-refractivity contribution is 0.0314. The second kappa shape index (κ2) is 8.90. The van der Waals surface area contributed by atoms with E-state index in [0.29, 0.717) is 0 Å². The standard InChI is InChI=1S/C15H31N3O/c1-2-5-16-14-15-3-6-17(7-4-15)8-9-18-10-12-19-13-11-18/h15-16H,2-14H2,1H3. The maximum Gasteiger partial charge on any atom is 0.0594 e. The Bertz CT molecular complexity index is 223. The lowest BCUT2D eigenvalue weighted by Crippen LogP contribution is -2.44. The molecule has 19 heavy (non-hydrogen) atoms. The first-order valence-corrected chi connectivity index (χ1v) is 8.11. The number of ether oxygens (including phenoxy) is 1. The molecule has 0 saturated carbocycles. The second-order valence-electron chi connectivity index (χ2n) is 5.94. The van der Waals surface area contributed by atoms with Gasteiger partial charge in [-0.15, -0.1) is 0 Å². The Morgan fingerprint density at radius 1 is 1.00 bits per heavy atom. The molecule has 0 aromatic heterocycles. The van der Waals surface area contributed by atoms with Crippen molar-refractivity contribution in [3.05, 3.63) is 0 Å². The minimum atomic E-state index is 0.909. The molecule has 0 bridgehead atoms. The van der Waals surface area contributed by atoms with E-state index in [0.717, 1.165) is 32.2 Å². The van der Waals surface area contributed by atoms with Crippen molar-refractivity contribution < 1.29 is 4.74 Å². The second-order valence-corrected chi connectivity index (χ2v) is 5.94. The van der Waals surface area contributed by atoms with Crippen LogP contribution in [0, 0.1) is 5.92 Å². The SMILES string of the molecule is CCCNCC1CCN(CCN2CCOCC2)CC1. The summed E-state index contributed by atoms with van der Waals surface area (Å²) in [5.74, 6) is 0.909. The summed E-state index contributed by atoms with van der Waals surface area (Å²) in [7, 11) is 0. The number of rotatable bonds is 7. The van der Waals surface area contributed by atoms with Gasteiger partial charge in [0, 0.05) is 26.2 Å². The van der Waals surface area contributed by atoms with Crippen molar-refractivity contribution in [3.63, 3.8) is 0 Å². The Morgan fingerprint density at radius 3 is 2.26 bits per heavy atom. The first kappa shape index (κ1) is 15.2. The predicted octanol–water partition coefficient (Wildman–Crippen LogP) is 1.03. The van der Waals surface area contributed by atoms with Gasteiger partial charge in [-0.3, -0.25) is 4.90 Å². The van der Waals surface area contributed by atoms with Crippen molar-refractivity contribution in [2.45, 2.75) is 26.2 Å². The lowest BCUT2D eigenvalue weighted by atomic mass is 9.97. The van der Waals surface area contributed by atoms with E-state index in [9.17, 15) is 0 Å².